The molecule has 3 aromatic rings. The molecule has 44 heavy (non-hydrogen) atoms. The molecule has 2 atom stereocenters. The highest BCUT2D eigenvalue weighted by Gasteiger charge is 2.37. The summed E-state index contributed by atoms with van der Waals surface area (Å²) < 4.78 is 17.3. The molecular weight excluding hydrogens is 554 g/mol. The number of likely N-dealkylation sites (tertiary alicyclic amines) is 1. The number of rotatable bonds is 11. The van der Waals surface area contributed by atoms with Crippen LogP contribution in [0.3, 0.4) is 0 Å². The smallest absolute Gasteiger partial charge is 0.420 e. The first-order valence-electron chi connectivity index (χ1n) is 16.1. The third-order valence-corrected chi connectivity index (χ3v) is 9.29. The predicted octanol–water partition coefficient (Wildman–Crippen LogP) is 7.59. The Morgan fingerprint density at radius 1 is 1.02 bits per heavy atom. The maximum atomic E-state index is 13.2. The summed E-state index contributed by atoms with van der Waals surface area (Å²) in [5, 5.41) is 3.36. The van der Waals surface area contributed by atoms with Crippen molar-refractivity contribution in [2.24, 2.45) is 5.92 Å². The van der Waals surface area contributed by atoms with Crippen LogP contribution in [0, 0.1) is 5.92 Å². The maximum Gasteiger partial charge on any atom is 0.420 e. The number of nitrogens with zero attached hydrogens (tertiary/aromatic N) is 4. The number of methoxy groups -OCH3 is 1. The predicted molar refractivity (Wildman–Crippen MR) is 175 cm³/mol. The van der Waals surface area contributed by atoms with Gasteiger partial charge in [0.05, 0.1) is 25.1 Å². The van der Waals surface area contributed by atoms with Crippen molar-refractivity contribution in [1.82, 2.24) is 14.9 Å². The third kappa shape index (κ3) is 8.00. The Labute approximate surface area is 261 Å². The number of aromatic nitrogens is 2. The minimum absolute atomic E-state index is 0.156. The zero-order chi connectivity index (χ0) is 30.9. The average Bonchev–Trinajstić information content (AvgIpc) is 3.04. The fourth-order valence-electron chi connectivity index (χ4n) is 6.25. The van der Waals surface area contributed by atoms with Gasteiger partial charge in [-0.2, -0.15) is 4.98 Å². The fourth-order valence-corrected chi connectivity index (χ4v) is 6.25. The number of benzene rings is 2. The molecule has 2 aliphatic rings. The molecule has 0 radical (unpaired) electrons. The van der Waals surface area contributed by atoms with Gasteiger partial charge >= 0.3 is 6.09 Å². The number of nitrogens with one attached hydrogen (secondary N) is 1. The van der Waals surface area contributed by atoms with E-state index in [1.54, 1.807) is 20.2 Å². The summed E-state index contributed by atoms with van der Waals surface area (Å²) in [6, 6.07) is 17.0. The number of ether oxygens (including phenoxy) is 3. The Balaban J connectivity index is 1.32. The summed E-state index contributed by atoms with van der Waals surface area (Å²) in [6.45, 7) is 8.68. The van der Waals surface area contributed by atoms with Crippen LogP contribution in [0.2, 0.25) is 0 Å². The maximum absolute atomic E-state index is 13.2. The number of amides is 1. The second-order valence-corrected chi connectivity index (χ2v) is 12.4. The summed E-state index contributed by atoms with van der Waals surface area (Å²) in [6.07, 6.45) is 8.90. The number of carbonyl (C=O) groups is 1. The Hall–Kier alpha value is -3.85. The van der Waals surface area contributed by atoms with E-state index < -0.39 is 6.09 Å². The first-order chi connectivity index (χ1) is 21.3. The molecule has 1 saturated heterocycles. The molecular formula is C35H47N5O4. The number of hydrogen-bond donors (Lipinski definition) is 1. The van der Waals surface area contributed by atoms with Gasteiger partial charge in [0.2, 0.25) is 11.8 Å². The van der Waals surface area contributed by atoms with E-state index >= 15 is 0 Å². The standard InChI is InChI=1S/C35H47N5O4/c1-26-13-6-7-18-35(26,2)31-25-32(44-34(41)39(3)28-15-11-16-29(24-28)42-4)38-33(37-31)36-27-14-10-17-30(23-27)43-22-12-21-40-19-8-5-9-20-40/h10-11,14-17,23-26H,5-9,12-13,18-22H2,1-4H3,(H,36,37,38). The van der Waals surface area contributed by atoms with Crippen LogP contribution < -0.4 is 24.4 Å². The van der Waals surface area contributed by atoms with Gasteiger partial charge in [0.25, 0.3) is 0 Å². The number of carbonyl (C=O) groups excluding carboxylic acids is 1. The van der Waals surface area contributed by atoms with Crippen LogP contribution in [0.5, 0.6) is 17.4 Å². The summed E-state index contributed by atoms with van der Waals surface area (Å²) >= 11 is 0. The Morgan fingerprint density at radius 3 is 2.61 bits per heavy atom. The minimum atomic E-state index is -0.546. The van der Waals surface area contributed by atoms with Crippen LogP contribution in [-0.2, 0) is 5.41 Å². The van der Waals surface area contributed by atoms with Gasteiger partial charge in [-0.3, -0.25) is 4.90 Å². The van der Waals surface area contributed by atoms with Crippen LogP contribution in [0.15, 0.2) is 54.6 Å². The van der Waals surface area contributed by atoms with Gasteiger partial charge in [0, 0.05) is 42.9 Å². The zero-order valence-electron chi connectivity index (χ0n) is 26.7. The molecule has 1 N–H and O–H groups in total. The lowest BCUT2D eigenvalue weighted by Crippen LogP contribution is -2.35. The van der Waals surface area contributed by atoms with Crippen LogP contribution in [0.4, 0.5) is 22.1 Å². The minimum Gasteiger partial charge on any atom is -0.497 e. The van der Waals surface area contributed by atoms with Gasteiger partial charge < -0.3 is 24.4 Å². The van der Waals surface area contributed by atoms with Crippen molar-refractivity contribution in [2.45, 2.75) is 70.6 Å². The molecule has 1 aromatic heterocycles. The lowest BCUT2D eigenvalue weighted by atomic mass is 9.66. The molecule has 2 unspecified atom stereocenters. The van der Waals surface area contributed by atoms with Crippen molar-refractivity contribution in [3.05, 3.63) is 60.3 Å². The molecule has 0 bridgehead atoms. The van der Waals surface area contributed by atoms with Crippen molar-refractivity contribution in [1.29, 1.82) is 0 Å². The second kappa shape index (κ2) is 14.8. The molecule has 1 aliphatic heterocycles. The third-order valence-electron chi connectivity index (χ3n) is 9.29. The number of hydrogen-bond acceptors (Lipinski definition) is 8. The molecule has 9 heteroatoms. The highest BCUT2D eigenvalue weighted by atomic mass is 16.6. The van der Waals surface area contributed by atoms with Crippen molar-refractivity contribution < 1.29 is 19.0 Å². The molecule has 9 nitrogen and oxygen atoms in total. The number of anilines is 3. The highest BCUT2D eigenvalue weighted by Crippen LogP contribution is 2.43. The molecule has 2 aromatic carbocycles. The molecule has 1 saturated carbocycles. The summed E-state index contributed by atoms with van der Waals surface area (Å²) in [7, 11) is 3.26. The molecule has 1 amide bonds. The van der Waals surface area contributed by atoms with E-state index in [1.165, 1.54) is 43.7 Å². The number of piperidine rings is 1. The SMILES string of the molecule is COc1cccc(N(C)C(=O)Oc2cc(C3(C)CCCCC3C)nc(Nc3cccc(OCCCN4CCCCC4)c3)n2)c1. The van der Waals surface area contributed by atoms with Gasteiger partial charge in [-0.1, -0.05) is 45.2 Å². The van der Waals surface area contributed by atoms with E-state index in [1.807, 2.05) is 48.5 Å². The lowest BCUT2D eigenvalue weighted by molar-refractivity contribution is 0.204. The first kappa shape index (κ1) is 31.6. The lowest BCUT2D eigenvalue weighted by Gasteiger charge is -2.39. The molecule has 0 spiro atoms. The fraction of sp³-hybridized carbons (Fsp3) is 0.514. The Morgan fingerprint density at radius 2 is 1.82 bits per heavy atom. The largest absolute Gasteiger partial charge is 0.497 e. The van der Waals surface area contributed by atoms with Gasteiger partial charge in [-0.25, -0.2) is 9.78 Å². The van der Waals surface area contributed by atoms with Crippen LogP contribution in [0.1, 0.15) is 70.9 Å². The van der Waals surface area contributed by atoms with Crippen molar-refractivity contribution in [3.8, 4) is 17.4 Å². The first-order valence-corrected chi connectivity index (χ1v) is 16.1. The van der Waals surface area contributed by atoms with Crippen LogP contribution >= 0.6 is 0 Å². The van der Waals surface area contributed by atoms with E-state index in [9.17, 15) is 4.79 Å². The zero-order valence-corrected chi connectivity index (χ0v) is 26.7. The van der Waals surface area contributed by atoms with Crippen molar-refractivity contribution in [2.75, 3.05) is 50.6 Å². The van der Waals surface area contributed by atoms with Gasteiger partial charge in [-0.05, 0) is 75.4 Å². The molecule has 5 rings (SSSR count). The summed E-state index contributed by atoms with van der Waals surface area (Å²) in [4.78, 5) is 26.8. The normalized spacial score (nSPS) is 20.5. The van der Waals surface area contributed by atoms with Crippen LogP contribution in [0.25, 0.3) is 0 Å². The molecule has 236 valence electrons. The van der Waals surface area contributed by atoms with E-state index in [2.05, 4.69) is 29.0 Å². The molecule has 1 aliphatic carbocycles. The summed E-state index contributed by atoms with van der Waals surface area (Å²) in [5.74, 6) is 2.48. The van der Waals surface area contributed by atoms with Crippen molar-refractivity contribution in [3.63, 3.8) is 0 Å². The van der Waals surface area contributed by atoms with E-state index in [-0.39, 0.29) is 11.3 Å². The van der Waals surface area contributed by atoms with Crippen molar-refractivity contribution >= 4 is 23.4 Å². The molecule has 2 fully saturated rings. The van der Waals surface area contributed by atoms with Gasteiger partial charge in [0.15, 0.2) is 0 Å². The molecule has 2 heterocycles. The highest BCUT2D eigenvalue weighted by molar-refractivity contribution is 5.88. The van der Waals surface area contributed by atoms with E-state index in [0.717, 1.165) is 49.4 Å². The average molecular weight is 602 g/mol. The monoisotopic (exact) mass is 601 g/mol. The second-order valence-electron chi connectivity index (χ2n) is 12.4. The quantitative estimate of drug-likeness (QED) is 0.225. The van der Waals surface area contributed by atoms with Gasteiger partial charge in [0.1, 0.15) is 11.5 Å². The Kier molecular flexibility index (Phi) is 10.6. The van der Waals surface area contributed by atoms with E-state index in [0.29, 0.717) is 29.9 Å². The topological polar surface area (TPSA) is 89.0 Å². The Bertz CT molecular complexity index is 1400. The van der Waals surface area contributed by atoms with E-state index in [4.69, 9.17) is 19.2 Å². The van der Waals surface area contributed by atoms with Crippen LogP contribution in [-0.4, -0.2) is 61.4 Å². The summed E-state index contributed by atoms with van der Waals surface area (Å²) in [5.41, 5.74) is 2.18. The van der Waals surface area contributed by atoms with Gasteiger partial charge in [-0.15, -0.1) is 0 Å².